The Bertz CT molecular complexity index is 933. The van der Waals surface area contributed by atoms with Crippen molar-refractivity contribution in [2.75, 3.05) is 11.1 Å². The van der Waals surface area contributed by atoms with Crippen molar-refractivity contribution in [2.45, 2.75) is 45.1 Å². The summed E-state index contributed by atoms with van der Waals surface area (Å²) in [6.07, 6.45) is 4.52. The molecule has 1 aliphatic carbocycles. The number of carbonyl (C=O) groups is 1. The minimum absolute atomic E-state index is 0.149. The van der Waals surface area contributed by atoms with E-state index in [-0.39, 0.29) is 22.2 Å². The molecular weight excluding hydrogens is 392 g/mol. The summed E-state index contributed by atoms with van der Waals surface area (Å²) in [5.41, 5.74) is 3.47. The zero-order valence-corrected chi connectivity index (χ0v) is 17.8. The van der Waals surface area contributed by atoms with Gasteiger partial charge in [-0.3, -0.25) is 4.79 Å². The third kappa shape index (κ3) is 4.84. The number of nitrogens with one attached hydrogen (secondary N) is 1. The number of fused-ring (bicyclic) bond motifs is 1. The summed E-state index contributed by atoms with van der Waals surface area (Å²) in [4.78, 5) is 20.9. The standard InChI is InChI=1S/C21H23ClN4OS/c1-21(2,3)15-6-7-16-13(10-15)9-14(11-23)20(26-16)28-12-18(27)25-17-5-4-8-24-19(17)22/h4-5,8-9,15H,6-7,10,12H2,1-3H3,(H,25,27)/t15-/m0/s1. The highest BCUT2D eigenvalue weighted by molar-refractivity contribution is 8.00. The fourth-order valence-electron chi connectivity index (χ4n) is 3.37. The first kappa shape index (κ1) is 20.6. The van der Waals surface area contributed by atoms with E-state index in [1.807, 2.05) is 6.07 Å². The number of hydrogen-bond acceptors (Lipinski definition) is 5. The van der Waals surface area contributed by atoms with Gasteiger partial charge in [-0.25, -0.2) is 9.97 Å². The van der Waals surface area contributed by atoms with E-state index in [0.717, 1.165) is 25.0 Å². The van der Waals surface area contributed by atoms with Crippen LogP contribution in [0.25, 0.3) is 0 Å². The van der Waals surface area contributed by atoms with Gasteiger partial charge in [0.25, 0.3) is 0 Å². The molecule has 5 nitrogen and oxygen atoms in total. The Balaban J connectivity index is 1.70. The van der Waals surface area contributed by atoms with Crippen LogP contribution in [0.5, 0.6) is 0 Å². The molecule has 7 heteroatoms. The van der Waals surface area contributed by atoms with Gasteiger partial charge in [0.05, 0.1) is 17.0 Å². The molecule has 146 valence electrons. The number of pyridine rings is 2. The van der Waals surface area contributed by atoms with Gasteiger partial charge in [0.15, 0.2) is 5.15 Å². The number of amides is 1. The Morgan fingerprint density at radius 1 is 1.46 bits per heavy atom. The Hall–Kier alpha value is -2.10. The summed E-state index contributed by atoms with van der Waals surface area (Å²) >= 11 is 7.24. The number of nitriles is 1. The molecule has 0 aliphatic heterocycles. The Morgan fingerprint density at radius 3 is 2.93 bits per heavy atom. The normalized spacial score (nSPS) is 16.2. The van der Waals surface area contributed by atoms with E-state index in [1.165, 1.54) is 17.3 Å². The Labute approximate surface area is 174 Å². The number of nitrogens with zero attached hydrogens (tertiary/aromatic N) is 3. The number of carbonyl (C=O) groups excluding carboxylic acids is 1. The van der Waals surface area contributed by atoms with E-state index >= 15 is 0 Å². The molecule has 3 rings (SSSR count). The molecule has 0 fully saturated rings. The average Bonchev–Trinajstić information content (AvgIpc) is 2.66. The van der Waals surface area contributed by atoms with Crippen LogP contribution in [-0.4, -0.2) is 21.6 Å². The van der Waals surface area contributed by atoms with Gasteiger partial charge < -0.3 is 5.32 Å². The fourth-order valence-corrected chi connectivity index (χ4v) is 4.32. The van der Waals surface area contributed by atoms with Crippen LogP contribution < -0.4 is 5.32 Å². The van der Waals surface area contributed by atoms with Crippen molar-refractivity contribution in [2.24, 2.45) is 11.3 Å². The molecule has 1 N–H and O–H groups in total. The summed E-state index contributed by atoms with van der Waals surface area (Å²) < 4.78 is 0. The third-order valence-electron chi connectivity index (χ3n) is 5.07. The summed E-state index contributed by atoms with van der Waals surface area (Å²) in [6, 6.07) is 7.59. The second kappa shape index (κ2) is 8.50. The zero-order chi connectivity index (χ0) is 20.3. The molecule has 0 radical (unpaired) electrons. The second-order valence-electron chi connectivity index (χ2n) is 8.04. The molecule has 0 unspecified atom stereocenters. The van der Waals surface area contributed by atoms with Crippen LogP contribution in [-0.2, 0) is 17.6 Å². The first-order valence-corrected chi connectivity index (χ1v) is 10.6. The molecule has 0 bridgehead atoms. The van der Waals surface area contributed by atoms with E-state index < -0.39 is 0 Å². The van der Waals surface area contributed by atoms with Gasteiger partial charge in [0.1, 0.15) is 11.1 Å². The lowest BCUT2D eigenvalue weighted by Gasteiger charge is -2.34. The highest BCUT2D eigenvalue weighted by atomic mass is 35.5. The molecule has 0 saturated heterocycles. The molecule has 1 amide bonds. The van der Waals surface area contributed by atoms with Gasteiger partial charge in [-0.15, -0.1) is 0 Å². The summed E-state index contributed by atoms with van der Waals surface area (Å²) in [6.45, 7) is 6.79. The smallest absolute Gasteiger partial charge is 0.234 e. The second-order valence-corrected chi connectivity index (χ2v) is 9.37. The largest absolute Gasteiger partial charge is 0.323 e. The molecule has 0 saturated carbocycles. The zero-order valence-electron chi connectivity index (χ0n) is 16.3. The molecule has 0 aromatic carbocycles. The maximum Gasteiger partial charge on any atom is 0.234 e. The van der Waals surface area contributed by atoms with E-state index in [0.29, 0.717) is 22.2 Å². The monoisotopic (exact) mass is 414 g/mol. The topological polar surface area (TPSA) is 78.7 Å². The summed E-state index contributed by atoms with van der Waals surface area (Å²) in [7, 11) is 0. The van der Waals surface area contributed by atoms with E-state index in [4.69, 9.17) is 16.6 Å². The predicted molar refractivity (Wildman–Crippen MR) is 113 cm³/mol. The van der Waals surface area contributed by atoms with Crippen molar-refractivity contribution in [1.29, 1.82) is 5.26 Å². The van der Waals surface area contributed by atoms with Crippen LogP contribution in [0.1, 0.15) is 44.0 Å². The fraction of sp³-hybridized carbons (Fsp3) is 0.429. The lowest BCUT2D eigenvalue weighted by molar-refractivity contribution is -0.113. The summed E-state index contributed by atoms with van der Waals surface area (Å²) in [5.74, 6) is 0.522. The molecule has 1 aliphatic rings. The Morgan fingerprint density at radius 2 is 2.25 bits per heavy atom. The van der Waals surface area contributed by atoms with Crippen LogP contribution in [0.15, 0.2) is 29.4 Å². The van der Waals surface area contributed by atoms with Crippen molar-refractivity contribution in [1.82, 2.24) is 9.97 Å². The molecule has 0 spiro atoms. The average molecular weight is 415 g/mol. The van der Waals surface area contributed by atoms with Gasteiger partial charge in [-0.1, -0.05) is 44.1 Å². The summed E-state index contributed by atoms with van der Waals surface area (Å²) in [5, 5.41) is 13.2. The molecule has 2 heterocycles. The lowest BCUT2D eigenvalue weighted by atomic mass is 9.71. The van der Waals surface area contributed by atoms with Gasteiger partial charge >= 0.3 is 0 Å². The number of anilines is 1. The van der Waals surface area contributed by atoms with E-state index in [9.17, 15) is 10.1 Å². The van der Waals surface area contributed by atoms with Gasteiger partial charge in [-0.2, -0.15) is 5.26 Å². The van der Waals surface area contributed by atoms with Crippen molar-refractivity contribution in [3.8, 4) is 6.07 Å². The van der Waals surface area contributed by atoms with E-state index in [2.05, 4.69) is 37.1 Å². The van der Waals surface area contributed by atoms with Crippen molar-refractivity contribution in [3.63, 3.8) is 0 Å². The molecule has 1 atom stereocenters. The lowest BCUT2D eigenvalue weighted by Crippen LogP contribution is -2.27. The van der Waals surface area contributed by atoms with Crippen molar-refractivity contribution < 1.29 is 4.79 Å². The molecule has 2 aromatic heterocycles. The number of rotatable bonds is 4. The quantitative estimate of drug-likeness (QED) is 0.569. The minimum Gasteiger partial charge on any atom is -0.323 e. The predicted octanol–water partition coefficient (Wildman–Crippen LogP) is 4.88. The van der Waals surface area contributed by atoms with Crippen LogP contribution >= 0.6 is 23.4 Å². The Kier molecular flexibility index (Phi) is 6.26. The number of aromatic nitrogens is 2. The third-order valence-corrected chi connectivity index (χ3v) is 6.36. The van der Waals surface area contributed by atoms with Crippen LogP contribution in [0, 0.1) is 22.7 Å². The maximum absolute atomic E-state index is 12.3. The number of hydrogen-bond donors (Lipinski definition) is 1. The number of aryl methyl sites for hydroxylation is 1. The van der Waals surface area contributed by atoms with Crippen molar-refractivity contribution in [3.05, 3.63) is 46.4 Å². The first-order valence-electron chi connectivity index (χ1n) is 9.24. The van der Waals surface area contributed by atoms with Crippen LogP contribution in [0.4, 0.5) is 5.69 Å². The van der Waals surface area contributed by atoms with E-state index in [1.54, 1.807) is 18.3 Å². The van der Waals surface area contributed by atoms with Crippen LogP contribution in [0.3, 0.4) is 0 Å². The first-order chi connectivity index (χ1) is 13.3. The maximum atomic E-state index is 12.3. The molecule has 2 aromatic rings. The number of halogens is 1. The number of thioether (sulfide) groups is 1. The van der Waals surface area contributed by atoms with Crippen LogP contribution in [0.2, 0.25) is 5.15 Å². The van der Waals surface area contributed by atoms with Gasteiger partial charge in [0.2, 0.25) is 5.91 Å². The highest BCUT2D eigenvalue weighted by Crippen LogP contribution is 2.38. The van der Waals surface area contributed by atoms with Crippen molar-refractivity contribution >= 4 is 35.0 Å². The molecule has 28 heavy (non-hydrogen) atoms. The van der Waals surface area contributed by atoms with Gasteiger partial charge in [-0.05, 0) is 54.4 Å². The highest BCUT2D eigenvalue weighted by Gasteiger charge is 2.30. The minimum atomic E-state index is -0.212. The SMILES string of the molecule is CC(C)(C)[C@H]1CCc2nc(SCC(=O)Nc3cccnc3Cl)c(C#N)cc2C1. The molecular formula is C21H23ClN4OS. The van der Waals surface area contributed by atoms with Gasteiger partial charge in [0, 0.05) is 11.9 Å².